The molecule has 0 amide bonds. The molecule has 0 saturated heterocycles. The monoisotopic (exact) mass is 288 g/mol. The molecule has 7 nitrogen and oxygen atoms in total. The van der Waals surface area contributed by atoms with Crippen molar-refractivity contribution in [3.8, 4) is 11.4 Å². The van der Waals surface area contributed by atoms with Gasteiger partial charge in [-0.25, -0.2) is 0 Å². The van der Waals surface area contributed by atoms with Crippen LogP contribution in [-0.4, -0.2) is 21.6 Å². The van der Waals surface area contributed by atoms with E-state index in [1.807, 2.05) is 0 Å². The van der Waals surface area contributed by atoms with Crippen LogP contribution in [0.2, 0.25) is 0 Å². The average molecular weight is 288 g/mol. The number of nitro groups is 1. The van der Waals surface area contributed by atoms with Gasteiger partial charge in [-0.15, -0.1) is 0 Å². The molecule has 1 aliphatic carbocycles. The number of benzene rings is 1. The fourth-order valence-electron chi connectivity index (χ4n) is 2.65. The molecule has 1 aromatic heterocycles. The first-order valence-electron chi connectivity index (χ1n) is 6.89. The average Bonchev–Trinajstić information content (AvgIpc) is 2.91. The lowest BCUT2D eigenvalue weighted by molar-refractivity contribution is -0.384. The number of aromatic nitrogens is 2. The van der Waals surface area contributed by atoms with Crippen LogP contribution in [0.1, 0.15) is 25.2 Å². The lowest BCUT2D eigenvalue weighted by atomic mass is 9.67. The summed E-state index contributed by atoms with van der Waals surface area (Å²) in [7, 11) is 0. The van der Waals surface area contributed by atoms with Crippen molar-refractivity contribution in [2.24, 2.45) is 11.1 Å². The van der Waals surface area contributed by atoms with Crippen LogP contribution in [0.3, 0.4) is 0 Å². The van der Waals surface area contributed by atoms with E-state index in [1.165, 1.54) is 18.6 Å². The Bertz CT molecular complexity index is 658. The number of hydrogen-bond acceptors (Lipinski definition) is 6. The Morgan fingerprint density at radius 3 is 2.86 bits per heavy atom. The van der Waals surface area contributed by atoms with Gasteiger partial charge in [-0.05, 0) is 24.8 Å². The number of non-ortho nitro benzene ring substituents is 1. The predicted octanol–water partition coefficient (Wildman–Crippen LogP) is 2.32. The molecule has 2 aromatic rings. The van der Waals surface area contributed by atoms with Crippen molar-refractivity contribution in [1.29, 1.82) is 0 Å². The van der Waals surface area contributed by atoms with E-state index < -0.39 is 4.92 Å². The molecule has 0 radical (unpaired) electrons. The van der Waals surface area contributed by atoms with Gasteiger partial charge in [0.05, 0.1) is 4.92 Å². The second-order valence-electron chi connectivity index (χ2n) is 5.55. The summed E-state index contributed by atoms with van der Waals surface area (Å²) in [4.78, 5) is 14.7. The molecule has 1 aliphatic rings. The quantitative estimate of drug-likeness (QED) is 0.668. The molecule has 0 bridgehead atoms. The van der Waals surface area contributed by atoms with E-state index in [-0.39, 0.29) is 11.1 Å². The molecule has 0 aliphatic heterocycles. The molecule has 7 heteroatoms. The van der Waals surface area contributed by atoms with Crippen molar-refractivity contribution in [1.82, 2.24) is 10.1 Å². The SMILES string of the molecule is NCC1(Cc2nc(-c3cccc([N+](=O)[O-])c3)no2)CCC1. The summed E-state index contributed by atoms with van der Waals surface area (Å²) < 4.78 is 5.27. The highest BCUT2D eigenvalue weighted by Crippen LogP contribution is 2.42. The molecule has 1 fully saturated rings. The van der Waals surface area contributed by atoms with E-state index in [0.29, 0.717) is 30.2 Å². The molecule has 0 unspecified atom stereocenters. The second kappa shape index (κ2) is 5.25. The van der Waals surface area contributed by atoms with Crippen LogP contribution >= 0.6 is 0 Å². The Labute approximate surface area is 121 Å². The maximum Gasteiger partial charge on any atom is 0.270 e. The van der Waals surface area contributed by atoms with Crippen molar-refractivity contribution in [2.45, 2.75) is 25.7 Å². The first-order chi connectivity index (χ1) is 10.1. The normalized spacial score (nSPS) is 16.4. The van der Waals surface area contributed by atoms with Gasteiger partial charge in [0, 0.05) is 24.1 Å². The minimum atomic E-state index is -0.442. The van der Waals surface area contributed by atoms with Crippen LogP contribution in [0, 0.1) is 15.5 Å². The zero-order valence-electron chi connectivity index (χ0n) is 11.5. The van der Waals surface area contributed by atoms with Gasteiger partial charge in [0.15, 0.2) is 0 Å². The van der Waals surface area contributed by atoms with Crippen molar-refractivity contribution >= 4 is 5.69 Å². The first-order valence-corrected chi connectivity index (χ1v) is 6.89. The maximum atomic E-state index is 10.8. The Morgan fingerprint density at radius 1 is 1.43 bits per heavy atom. The number of hydrogen-bond donors (Lipinski definition) is 1. The third kappa shape index (κ3) is 2.64. The van der Waals surface area contributed by atoms with Gasteiger partial charge in [-0.1, -0.05) is 23.7 Å². The van der Waals surface area contributed by atoms with Crippen LogP contribution < -0.4 is 5.73 Å². The number of rotatable bonds is 5. The van der Waals surface area contributed by atoms with Crippen molar-refractivity contribution in [2.75, 3.05) is 6.54 Å². The summed E-state index contributed by atoms with van der Waals surface area (Å²) in [5, 5.41) is 14.7. The Balaban J connectivity index is 1.81. The molecule has 1 heterocycles. The predicted molar refractivity (Wildman–Crippen MR) is 75.4 cm³/mol. The Hall–Kier alpha value is -2.28. The van der Waals surface area contributed by atoms with Crippen molar-refractivity contribution in [3.05, 3.63) is 40.3 Å². The van der Waals surface area contributed by atoms with Gasteiger partial charge < -0.3 is 10.3 Å². The molecule has 110 valence electrons. The molecule has 21 heavy (non-hydrogen) atoms. The van der Waals surface area contributed by atoms with Crippen LogP contribution in [0.15, 0.2) is 28.8 Å². The lowest BCUT2D eigenvalue weighted by Crippen LogP contribution is -2.39. The maximum absolute atomic E-state index is 10.8. The Kier molecular flexibility index (Phi) is 3.42. The second-order valence-corrected chi connectivity index (χ2v) is 5.55. The van der Waals surface area contributed by atoms with E-state index in [0.717, 1.165) is 12.8 Å². The molecule has 3 rings (SSSR count). The van der Waals surface area contributed by atoms with Gasteiger partial charge in [-0.2, -0.15) is 4.98 Å². The van der Waals surface area contributed by atoms with E-state index in [9.17, 15) is 10.1 Å². The largest absolute Gasteiger partial charge is 0.339 e. The summed E-state index contributed by atoms with van der Waals surface area (Å²) in [6.07, 6.45) is 4.02. The third-order valence-corrected chi connectivity index (χ3v) is 4.16. The molecule has 2 N–H and O–H groups in total. The van der Waals surface area contributed by atoms with Gasteiger partial charge in [0.25, 0.3) is 5.69 Å². The molecule has 1 aromatic carbocycles. The van der Waals surface area contributed by atoms with Crippen molar-refractivity contribution < 1.29 is 9.45 Å². The topological polar surface area (TPSA) is 108 Å². The van der Waals surface area contributed by atoms with E-state index in [4.69, 9.17) is 10.3 Å². The van der Waals surface area contributed by atoms with Gasteiger partial charge in [0.2, 0.25) is 11.7 Å². The minimum Gasteiger partial charge on any atom is -0.339 e. The number of nitrogens with two attached hydrogens (primary N) is 1. The molecular weight excluding hydrogens is 272 g/mol. The highest BCUT2D eigenvalue weighted by atomic mass is 16.6. The molecular formula is C14H16N4O3. The fraction of sp³-hybridized carbons (Fsp3) is 0.429. The summed E-state index contributed by atoms with van der Waals surface area (Å²) in [5.41, 5.74) is 6.50. The lowest BCUT2D eigenvalue weighted by Gasteiger charge is -2.39. The summed E-state index contributed by atoms with van der Waals surface area (Å²) in [6, 6.07) is 6.21. The smallest absolute Gasteiger partial charge is 0.270 e. The highest BCUT2D eigenvalue weighted by Gasteiger charge is 2.37. The highest BCUT2D eigenvalue weighted by molar-refractivity contribution is 5.58. The van der Waals surface area contributed by atoms with Gasteiger partial charge in [-0.3, -0.25) is 10.1 Å². The summed E-state index contributed by atoms with van der Waals surface area (Å²) in [5.74, 6) is 0.918. The number of nitrogens with zero attached hydrogens (tertiary/aromatic N) is 3. The molecule has 0 spiro atoms. The fourth-order valence-corrected chi connectivity index (χ4v) is 2.65. The van der Waals surface area contributed by atoms with Gasteiger partial charge >= 0.3 is 0 Å². The minimum absolute atomic E-state index is 0.0104. The number of nitro benzene ring substituents is 1. The summed E-state index contributed by atoms with van der Waals surface area (Å²) >= 11 is 0. The standard InChI is InChI=1S/C14H16N4O3/c15-9-14(5-2-6-14)8-12-16-13(17-21-12)10-3-1-4-11(7-10)18(19)20/h1,3-4,7H,2,5-6,8-9,15H2. The zero-order valence-corrected chi connectivity index (χ0v) is 11.5. The molecule has 0 atom stereocenters. The Morgan fingerprint density at radius 2 is 2.24 bits per heavy atom. The van der Waals surface area contributed by atoms with Gasteiger partial charge in [0.1, 0.15) is 0 Å². The van der Waals surface area contributed by atoms with Crippen LogP contribution in [-0.2, 0) is 6.42 Å². The van der Waals surface area contributed by atoms with Crippen LogP contribution in [0.5, 0.6) is 0 Å². The van der Waals surface area contributed by atoms with E-state index in [1.54, 1.807) is 12.1 Å². The van der Waals surface area contributed by atoms with Crippen molar-refractivity contribution in [3.63, 3.8) is 0 Å². The van der Waals surface area contributed by atoms with Crippen LogP contribution in [0.4, 0.5) is 5.69 Å². The third-order valence-electron chi connectivity index (χ3n) is 4.16. The van der Waals surface area contributed by atoms with E-state index >= 15 is 0 Å². The zero-order chi connectivity index (χ0) is 14.9. The molecule has 1 saturated carbocycles. The summed E-state index contributed by atoms with van der Waals surface area (Å²) in [6.45, 7) is 0.613. The van der Waals surface area contributed by atoms with E-state index in [2.05, 4.69) is 10.1 Å². The first kappa shape index (κ1) is 13.7. The van der Waals surface area contributed by atoms with Crippen LogP contribution in [0.25, 0.3) is 11.4 Å².